The lowest BCUT2D eigenvalue weighted by Gasteiger charge is -2.28. The quantitative estimate of drug-likeness (QED) is 0.150. The molecule has 0 bridgehead atoms. The van der Waals surface area contributed by atoms with Crippen molar-refractivity contribution >= 4 is 49.6 Å². The normalized spacial score (nSPS) is 11.3. The van der Waals surface area contributed by atoms with Crippen LogP contribution in [0.1, 0.15) is 0 Å². The zero-order chi connectivity index (χ0) is 39.8. The molecule has 282 valence electrons. The highest BCUT2D eigenvalue weighted by molar-refractivity contribution is 6.10. The molecule has 0 aliphatic rings. The van der Waals surface area contributed by atoms with Crippen molar-refractivity contribution in [2.24, 2.45) is 0 Å². The first-order valence-corrected chi connectivity index (χ1v) is 20.6. The van der Waals surface area contributed by atoms with Gasteiger partial charge in [0.25, 0.3) is 0 Å². The van der Waals surface area contributed by atoms with Gasteiger partial charge in [-0.05, 0) is 98.8 Å². The summed E-state index contributed by atoms with van der Waals surface area (Å²) in [4.78, 5) is 2.40. The van der Waals surface area contributed by atoms with Gasteiger partial charge in [-0.3, -0.25) is 0 Å². The Morgan fingerprint density at radius 3 is 1.47 bits per heavy atom. The Balaban J connectivity index is 1.08. The van der Waals surface area contributed by atoms with Crippen molar-refractivity contribution in [2.45, 2.75) is 0 Å². The van der Waals surface area contributed by atoms with Crippen LogP contribution in [0.15, 0.2) is 243 Å². The van der Waals surface area contributed by atoms with Gasteiger partial charge in [0.1, 0.15) is 0 Å². The van der Waals surface area contributed by atoms with E-state index in [0.717, 1.165) is 28.3 Å². The van der Waals surface area contributed by atoms with Crippen LogP contribution in [0.5, 0.6) is 0 Å². The maximum Gasteiger partial charge on any atom is 0.0546 e. The fourth-order valence-electron chi connectivity index (χ4n) is 8.98. The van der Waals surface area contributed by atoms with E-state index < -0.39 is 0 Å². The molecule has 10 aromatic carbocycles. The summed E-state index contributed by atoms with van der Waals surface area (Å²) in [5.74, 6) is 0. The molecular formula is C58H40N2. The Morgan fingerprint density at radius 1 is 0.300 bits per heavy atom. The van der Waals surface area contributed by atoms with Crippen molar-refractivity contribution in [2.75, 3.05) is 4.90 Å². The average Bonchev–Trinajstić information content (AvgIpc) is 3.67. The highest BCUT2D eigenvalue weighted by Crippen LogP contribution is 2.45. The molecule has 0 saturated carbocycles. The Morgan fingerprint density at radius 2 is 0.800 bits per heavy atom. The third-order valence-corrected chi connectivity index (χ3v) is 11.8. The zero-order valence-electron chi connectivity index (χ0n) is 33.0. The van der Waals surface area contributed by atoms with Crippen LogP contribution < -0.4 is 4.90 Å². The van der Waals surface area contributed by atoms with Gasteiger partial charge < -0.3 is 9.47 Å². The molecule has 2 heteroatoms. The minimum absolute atomic E-state index is 1.08. The lowest BCUT2D eigenvalue weighted by atomic mass is 9.92. The van der Waals surface area contributed by atoms with Gasteiger partial charge in [-0.15, -0.1) is 0 Å². The minimum Gasteiger partial charge on any atom is -0.310 e. The molecule has 0 N–H and O–H groups in total. The fourth-order valence-corrected chi connectivity index (χ4v) is 8.98. The number of benzene rings is 10. The van der Waals surface area contributed by atoms with Crippen LogP contribution in [0.25, 0.3) is 82.8 Å². The van der Waals surface area contributed by atoms with E-state index in [2.05, 4.69) is 252 Å². The lowest BCUT2D eigenvalue weighted by molar-refractivity contribution is 1.18. The standard InChI is InChI=1S/C58H40N2/c1-3-17-43(18-4-1)50-22-9-12-26-54(50)59(48-36-32-42(33-37-48)47-31-30-41-16-7-8-21-46(41)40-47)49-38-34-45(35-39-49)58-51(44-19-5-2-6-20-44)25-15-29-57(58)60-55-27-13-10-23-52(55)53-24-11-14-28-56(53)60/h1-40H. The van der Waals surface area contributed by atoms with Crippen molar-refractivity contribution in [1.82, 2.24) is 4.57 Å². The molecule has 0 saturated heterocycles. The van der Waals surface area contributed by atoms with Crippen LogP contribution in [0, 0.1) is 0 Å². The third-order valence-electron chi connectivity index (χ3n) is 11.8. The average molecular weight is 765 g/mol. The second-order valence-electron chi connectivity index (χ2n) is 15.3. The maximum absolute atomic E-state index is 2.44. The minimum atomic E-state index is 1.08. The molecule has 0 fully saturated rings. The van der Waals surface area contributed by atoms with Crippen LogP contribution in [-0.2, 0) is 0 Å². The summed E-state index contributed by atoms with van der Waals surface area (Å²) in [5.41, 5.74) is 16.3. The number of nitrogens with zero attached hydrogens (tertiary/aromatic N) is 2. The van der Waals surface area contributed by atoms with Gasteiger partial charge in [-0.25, -0.2) is 0 Å². The largest absolute Gasteiger partial charge is 0.310 e. The van der Waals surface area contributed by atoms with Gasteiger partial charge in [-0.1, -0.05) is 188 Å². The summed E-state index contributed by atoms with van der Waals surface area (Å²) in [6.45, 7) is 0. The van der Waals surface area contributed by atoms with E-state index in [1.165, 1.54) is 71.5 Å². The van der Waals surface area contributed by atoms with E-state index in [9.17, 15) is 0 Å². The second-order valence-corrected chi connectivity index (χ2v) is 15.3. The Labute approximate surface area is 350 Å². The van der Waals surface area contributed by atoms with Crippen molar-refractivity contribution in [3.63, 3.8) is 0 Å². The van der Waals surface area contributed by atoms with Gasteiger partial charge in [0.05, 0.1) is 22.4 Å². The van der Waals surface area contributed by atoms with Crippen molar-refractivity contribution < 1.29 is 0 Å². The topological polar surface area (TPSA) is 8.17 Å². The summed E-state index contributed by atoms with van der Waals surface area (Å²) in [6.07, 6.45) is 0. The van der Waals surface area contributed by atoms with Gasteiger partial charge >= 0.3 is 0 Å². The molecule has 0 radical (unpaired) electrons. The van der Waals surface area contributed by atoms with E-state index in [4.69, 9.17) is 0 Å². The Kier molecular flexibility index (Phi) is 8.87. The van der Waals surface area contributed by atoms with Gasteiger partial charge in [0.15, 0.2) is 0 Å². The molecule has 0 atom stereocenters. The van der Waals surface area contributed by atoms with Crippen LogP contribution in [0.3, 0.4) is 0 Å². The van der Waals surface area contributed by atoms with Crippen molar-refractivity contribution in [3.8, 4) is 50.2 Å². The van der Waals surface area contributed by atoms with Crippen LogP contribution in [0.2, 0.25) is 0 Å². The Bertz CT molecular complexity index is 3240. The van der Waals surface area contributed by atoms with E-state index >= 15 is 0 Å². The highest BCUT2D eigenvalue weighted by Gasteiger charge is 2.21. The number of hydrogen-bond donors (Lipinski definition) is 0. The molecular weight excluding hydrogens is 725 g/mol. The van der Waals surface area contributed by atoms with Gasteiger partial charge in [0.2, 0.25) is 0 Å². The first-order valence-electron chi connectivity index (χ1n) is 20.6. The van der Waals surface area contributed by atoms with E-state index in [-0.39, 0.29) is 0 Å². The summed E-state index contributed by atoms with van der Waals surface area (Å²) in [5, 5.41) is 4.99. The molecule has 11 rings (SSSR count). The van der Waals surface area contributed by atoms with Crippen LogP contribution in [-0.4, -0.2) is 4.57 Å². The molecule has 0 unspecified atom stereocenters. The fraction of sp³-hybridized carbons (Fsp3) is 0. The summed E-state index contributed by atoms with van der Waals surface area (Å²) >= 11 is 0. The molecule has 0 amide bonds. The SMILES string of the molecule is c1ccc(-c2ccccc2N(c2ccc(-c3ccc4ccccc4c3)cc2)c2ccc(-c3c(-c4ccccc4)cccc3-n3c4ccccc4c4ccccc43)cc2)cc1. The number of rotatable bonds is 8. The monoisotopic (exact) mass is 764 g/mol. The summed E-state index contributed by atoms with van der Waals surface area (Å²) < 4.78 is 2.44. The zero-order valence-corrected chi connectivity index (χ0v) is 33.0. The van der Waals surface area contributed by atoms with Crippen LogP contribution >= 0.6 is 0 Å². The molecule has 11 aromatic rings. The number of para-hydroxylation sites is 3. The first-order chi connectivity index (χ1) is 29.8. The summed E-state index contributed by atoms with van der Waals surface area (Å²) in [7, 11) is 0. The van der Waals surface area contributed by atoms with E-state index in [1.54, 1.807) is 0 Å². The maximum atomic E-state index is 2.44. The summed E-state index contributed by atoms with van der Waals surface area (Å²) in [6, 6.07) is 87.9. The molecule has 2 nitrogen and oxygen atoms in total. The predicted molar refractivity (Wildman–Crippen MR) is 255 cm³/mol. The van der Waals surface area contributed by atoms with Crippen molar-refractivity contribution in [1.29, 1.82) is 0 Å². The Hall–Kier alpha value is -7.94. The molecule has 0 aliphatic carbocycles. The predicted octanol–water partition coefficient (Wildman–Crippen LogP) is 16.1. The van der Waals surface area contributed by atoms with E-state index in [0.29, 0.717) is 0 Å². The third kappa shape index (κ3) is 6.23. The first kappa shape index (κ1) is 35.2. The number of hydrogen-bond acceptors (Lipinski definition) is 1. The smallest absolute Gasteiger partial charge is 0.0546 e. The van der Waals surface area contributed by atoms with Crippen LogP contribution in [0.4, 0.5) is 17.1 Å². The molecule has 0 spiro atoms. The molecule has 60 heavy (non-hydrogen) atoms. The lowest BCUT2D eigenvalue weighted by Crippen LogP contribution is -2.11. The van der Waals surface area contributed by atoms with Crippen molar-refractivity contribution in [3.05, 3.63) is 243 Å². The second kappa shape index (κ2) is 15.1. The molecule has 0 aliphatic heterocycles. The molecule has 1 aromatic heterocycles. The number of fused-ring (bicyclic) bond motifs is 4. The molecule has 1 heterocycles. The highest BCUT2D eigenvalue weighted by atomic mass is 15.1. The number of aromatic nitrogens is 1. The van der Waals surface area contributed by atoms with Gasteiger partial charge in [-0.2, -0.15) is 0 Å². The number of anilines is 3. The van der Waals surface area contributed by atoms with Gasteiger partial charge in [0, 0.05) is 33.3 Å². The van der Waals surface area contributed by atoms with E-state index in [1.807, 2.05) is 0 Å².